The minimum atomic E-state index is -3.51. The Kier molecular flexibility index (Phi) is 3.41. The third-order valence-electron chi connectivity index (χ3n) is 2.28. The molecule has 0 saturated carbocycles. The van der Waals surface area contributed by atoms with Crippen LogP contribution < -0.4 is 0 Å². The molecule has 2 rings (SSSR count). The smallest absolute Gasteiger partial charge is 0.247 e. The maximum Gasteiger partial charge on any atom is 0.247 e. The Bertz CT molecular complexity index is 322. The van der Waals surface area contributed by atoms with Crippen LogP contribution in [0, 0.1) is 6.08 Å². The number of aliphatic imine (C=N–C) groups is 1. The first-order valence-corrected chi connectivity index (χ1v) is 4.36. The van der Waals surface area contributed by atoms with Crippen molar-refractivity contribution in [1.82, 2.24) is 0 Å². The van der Waals surface area contributed by atoms with Crippen molar-refractivity contribution < 1.29 is 37.7 Å². The van der Waals surface area contributed by atoms with Gasteiger partial charge in [0.2, 0.25) is 11.8 Å². The van der Waals surface area contributed by atoms with Crippen LogP contribution in [0.2, 0.25) is 0 Å². The molecule has 0 fully saturated rings. The molecule has 87 valence electrons. The Morgan fingerprint density at radius 2 is 1.87 bits per heavy atom. The second kappa shape index (κ2) is 3.98. The summed E-state index contributed by atoms with van der Waals surface area (Å²) < 4.78 is 51.5. The zero-order chi connectivity index (χ0) is 10.4. The molecule has 0 atom stereocenters. The SMILES string of the molecule is FC1(F)[C-]=C(C2=NCCC2)C(F)(F)C1.[Ir]. The summed E-state index contributed by atoms with van der Waals surface area (Å²) in [6, 6.07) is 0. The van der Waals surface area contributed by atoms with Gasteiger partial charge in [0, 0.05) is 26.7 Å². The second-order valence-electron chi connectivity index (χ2n) is 3.52. The van der Waals surface area contributed by atoms with Gasteiger partial charge in [-0.2, -0.15) is 6.08 Å². The maximum atomic E-state index is 13.1. The van der Waals surface area contributed by atoms with E-state index in [-0.39, 0.29) is 25.8 Å². The molecule has 1 heterocycles. The van der Waals surface area contributed by atoms with Gasteiger partial charge in [0.05, 0.1) is 6.42 Å². The van der Waals surface area contributed by atoms with Gasteiger partial charge in [0.25, 0.3) is 0 Å². The molecule has 1 nitrogen and oxygen atoms in total. The van der Waals surface area contributed by atoms with Crippen molar-refractivity contribution in [2.24, 2.45) is 4.99 Å². The van der Waals surface area contributed by atoms with Gasteiger partial charge in [-0.3, -0.25) is 0 Å². The van der Waals surface area contributed by atoms with Crippen LogP contribution in [0.4, 0.5) is 17.6 Å². The molecule has 0 aromatic carbocycles. The van der Waals surface area contributed by atoms with E-state index >= 15 is 0 Å². The summed E-state index contributed by atoms with van der Waals surface area (Å²) in [5, 5.41) is 0. The number of rotatable bonds is 1. The summed E-state index contributed by atoms with van der Waals surface area (Å²) in [5.74, 6) is -6.98. The minimum Gasteiger partial charge on any atom is -0.383 e. The summed E-state index contributed by atoms with van der Waals surface area (Å²) in [4.78, 5) is 3.78. The fourth-order valence-corrected chi connectivity index (χ4v) is 1.71. The molecule has 0 bridgehead atoms. The Morgan fingerprint density at radius 3 is 2.27 bits per heavy atom. The van der Waals surface area contributed by atoms with Crippen LogP contribution in [0.15, 0.2) is 10.6 Å². The second-order valence-corrected chi connectivity index (χ2v) is 3.52. The fraction of sp³-hybridized carbons (Fsp3) is 0.667. The summed E-state index contributed by atoms with van der Waals surface area (Å²) in [6.07, 6.45) is 1.11. The third-order valence-corrected chi connectivity index (χ3v) is 2.28. The van der Waals surface area contributed by atoms with Gasteiger partial charge in [-0.25, -0.2) is 17.6 Å². The Hall–Kier alpha value is -0.221. The Morgan fingerprint density at radius 1 is 1.20 bits per heavy atom. The number of alkyl halides is 4. The van der Waals surface area contributed by atoms with Crippen LogP contribution in [-0.4, -0.2) is 24.1 Å². The zero-order valence-corrected chi connectivity index (χ0v) is 10.0. The first-order chi connectivity index (χ1) is 6.41. The summed E-state index contributed by atoms with van der Waals surface area (Å²) in [6.45, 7) is 0.447. The first-order valence-electron chi connectivity index (χ1n) is 4.36. The molecule has 2 aliphatic rings. The Balaban J connectivity index is 0.00000112. The molecular weight excluding hydrogens is 390 g/mol. The number of nitrogens with zero attached hydrogens (tertiary/aromatic N) is 1. The van der Waals surface area contributed by atoms with Crippen LogP contribution in [0.5, 0.6) is 0 Å². The molecule has 0 N–H and O–H groups in total. The standard InChI is InChI=1S/C9H8F4N.Ir/c10-8(11)4-6(9(12,13)5-8)7-2-1-3-14-7;/h1-3,5H2;/q-1;. The molecule has 0 aromatic rings. The number of halogens is 4. The van der Waals surface area contributed by atoms with E-state index in [0.29, 0.717) is 19.4 Å². The third kappa shape index (κ3) is 2.48. The van der Waals surface area contributed by atoms with E-state index in [9.17, 15) is 17.6 Å². The van der Waals surface area contributed by atoms with Crippen LogP contribution in [0.3, 0.4) is 0 Å². The molecular formula is C9H8F4IrN-. The largest absolute Gasteiger partial charge is 0.383 e. The van der Waals surface area contributed by atoms with Crippen LogP contribution >= 0.6 is 0 Å². The first kappa shape index (κ1) is 12.8. The van der Waals surface area contributed by atoms with Gasteiger partial charge in [-0.05, 0) is 6.42 Å². The normalized spacial score (nSPS) is 26.9. The molecule has 0 spiro atoms. The summed E-state index contributed by atoms with van der Waals surface area (Å²) >= 11 is 0. The van der Waals surface area contributed by atoms with E-state index in [0.717, 1.165) is 0 Å². The van der Waals surface area contributed by atoms with Gasteiger partial charge >= 0.3 is 0 Å². The van der Waals surface area contributed by atoms with Crippen LogP contribution in [0.1, 0.15) is 19.3 Å². The van der Waals surface area contributed by atoms with Gasteiger partial charge < -0.3 is 4.99 Å². The monoisotopic (exact) mass is 399 g/mol. The molecule has 1 aliphatic carbocycles. The molecule has 0 unspecified atom stereocenters. The molecule has 0 aromatic heterocycles. The van der Waals surface area contributed by atoms with E-state index < -0.39 is 23.8 Å². The van der Waals surface area contributed by atoms with E-state index in [2.05, 4.69) is 4.99 Å². The average molecular weight is 398 g/mol. The maximum absolute atomic E-state index is 13.1. The summed E-state index contributed by atoms with van der Waals surface area (Å²) in [5.41, 5.74) is -0.577. The van der Waals surface area contributed by atoms with E-state index in [4.69, 9.17) is 0 Å². The summed E-state index contributed by atoms with van der Waals surface area (Å²) in [7, 11) is 0. The molecule has 0 saturated heterocycles. The van der Waals surface area contributed by atoms with Crippen molar-refractivity contribution in [2.45, 2.75) is 31.1 Å². The van der Waals surface area contributed by atoms with Gasteiger partial charge in [0.15, 0.2) is 0 Å². The van der Waals surface area contributed by atoms with Gasteiger partial charge in [-0.1, -0.05) is 6.42 Å². The number of hydrogen-bond acceptors (Lipinski definition) is 1. The van der Waals surface area contributed by atoms with Crippen molar-refractivity contribution in [3.63, 3.8) is 0 Å². The van der Waals surface area contributed by atoms with E-state index in [1.165, 1.54) is 0 Å². The van der Waals surface area contributed by atoms with Crippen molar-refractivity contribution in [3.05, 3.63) is 11.6 Å². The Labute approximate surface area is 98.0 Å². The average Bonchev–Trinajstić information content (AvgIpc) is 2.54. The molecule has 15 heavy (non-hydrogen) atoms. The fourth-order valence-electron chi connectivity index (χ4n) is 1.71. The van der Waals surface area contributed by atoms with Gasteiger partial charge in [-0.15, -0.1) is 11.3 Å². The molecule has 6 heteroatoms. The van der Waals surface area contributed by atoms with Gasteiger partial charge in [0.1, 0.15) is 0 Å². The van der Waals surface area contributed by atoms with Crippen molar-refractivity contribution in [3.8, 4) is 0 Å². The molecule has 0 amide bonds. The predicted octanol–water partition coefficient (Wildman–Crippen LogP) is 2.62. The molecule has 1 aliphatic heterocycles. The number of hydrogen-bond donors (Lipinski definition) is 0. The van der Waals surface area contributed by atoms with Crippen molar-refractivity contribution >= 4 is 5.71 Å². The zero-order valence-electron chi connectivity index (χ0n) is 7.62. The van der Waals surface area contributed by atoms with Crippen LogP contribution in [0.25, 0.3) is 0 Å². The van der Waals surface area contributed by atoms with E-state index in [1.807, 2.05) is 0 Å². The minimum absolute atomic E-state index is 0. The van der Waals surface area contributed by atoms with Crippen LogP contribution in [-0.2, 0) is 20.1 Å². The molecule has 1 radical (unpaired) electrons. The van der Waals surface area contributed by atoms with Crippen molar-refractivity contribution in [1.29, 1.82) is 0 Å². The quantitative estimate of drug-likeness (QED) is 0.476. The van der Waals surface area contributed by atoms with E-state index in [1.54, 1.807) is 6.08 Å². The van der Waals surface area contributed by atoms with Crippen molar-refractivity contribution in [2.75, 3.05) is 6.54 Å². The topological polar surface area (TPSA) is 12.4 Å². The predicted molar refractivity (Wildman–Crippen MR) is 42.8 cm³/mol. The number of allylic oxidation sites excluding steroid dienone is 2.